The van der Waals surface area contributed by atoms with Gasteiger partial charge in [0.2, 0.25) is 0 Å². The third kappa shape index (κ3) is 5.56. The lowest BCUT2D eigenvalue weighted by Crippen LogP contribution is -2.36. The second-order valence-corrected chi connectivity index (χ2v) is 4.47. The number of ether oxygens (including phenoxy) is 1. The first-order chi connectivity index (χ1) is 10.1. The summed E-state index contributed by atoms with van der Waals surface area (Å²) in [5.41, 5.74) is -0.621. The SMILES string of the molecule is CC(COCC(F)(F)F)NC(=O)c1ccc([N+](=O)[O-])c(O)c1. The van der Waals surface area contributed by atoms with Gasteiger partial charge < -0.3 is 15.2 Å². The first-order valence-electron chi connectivity index (χ1n) is 6.03. The molecule has 1 amide bonds. The normalized spacial score (nSPS) is 12.7. The fourth-order valence-electron chi connectivity index (χ4n) is 1.52. The van der Waals surface area contributed by atoms with Crippen molar-refractivity contribution in [2.75, 3.05) is 13.2 Å². The third-order valence-electron chi connectivity index (χ3n) is 2.45. The Morgan fingerprint density at radius 3 is 2.64 bits per heavy atom. The van der Waals surface area contributed by atoms with Crippen molar-refractivity contribution in [1.82, 2.24) is 5.32 Å². The van der Waals surface area contributed by atoms with Gasteiger partial charge in [-0.05, 0) is 19.1 Å². The van der Waals surface area contributed by atoms with Crippen LogP contribution in [-0.4, -0.2) is 41.4 Å². The van der Waals surface area contributed by atoms with Gasteiger partial charge in [0.25, 0.3) is 5.91 Å². The van der Waals surface area contributed by atoms with Gasteiger partial charge in [-0.1, -0.05) is 0 Å². The smallest absolute Gasteiger partial charge is 0.411 e. The van der Waals surface area contributed by atoms with Gasteiger partial charge in [0.15, 0.2) is 5.75 Å². The second kappa shape index (κ2) is 7.07. The van der Waals surface area contributed by atoms with Crippen molar-refractivity contribution >= 4 is 11.6 Å². The van der Waals surface area contributed by atoms with Crippen LogP contribution in [0.2, 0.25) is 0 Å². The number of carbonyl (C=O) groups is 1. The number of rotatable bonds is 6. The van der Waals surface area contributed by atoms with Gasteiger partial charge in [-0.15, -0.1) is 0 Å². The number of nitro groups is 1. The summed E-state index contributed by atoms with van der Waals surface area (Å²) in [6.45, 7) is -0.352. The molecular formula is C12H13F3N2O5. The molecule has 122 valence electrons. The molecule has 10 heteroatoms. The lowest BCUT2D eigenvalue weighted by Gasteiger charge is -2.15. The van der Waals surface area contributed by atoms with Crippen LogP contribution in [-0.2, 0) is 4.74 Å². The Hall–Kier alpha value is -2.36. The maximum Gasteiger partial charge on any atom is 0.411 e. The van der Waals surface area contributed by atoms with E-state index in [4.69, 9.17) is 0 Å². The topological polar surface area (TPSA) is 102 Å². The minimum absolute atomic E-state index is 0.0641. The summed E-state index contributed by atoms with van der Waals surface area (Å²) >= 11 is 0. The van der Waals surface area contributed by atoms with E-state index in [2.05, 4.69) is 10.1 Å². The van der Waals surface area contributed by atoms with Crippen molar-refractivity contribution in [3.05, 3.63) is 33.9 Å². The van der Waals surface area contributed by atoms with Crippen LogP contribution in [0.25, 0.3) is 0 Å². The summed E-state index contributed by atoms with van der Waals surface area (Å²) < 4.78 is 40.1. The fourth-order valence-corrected chi connectivity index (χ4v) is 1.52. The molecule has 1 rings (SSSR count). The summed E-state index contributed by atoms with van der Waals surface area (Å²) in [4.78, 5) is 21.5. The number of amides is 1. The molecule has 0 aliphatic carbocycles. The van der Waals surface area contributed by atoms with Crippen molar-refractivity contribution < 1.29 is 32.7 Å². The van der Waals surface area contributed by atoms with Crippen molar-refractivity contribution in [2.45, 2.75) is 19.1 Å². The second-order valence-electron chi connectivity index (χ2n) is 4.47. The number of phenolic OH excluding ortho intramolecular Hbond substituents is 1. The first kappa shape index (κ1) is 17.7. The average molecular weight is 322 g/mol. The van der Waals surface area contributed by atoms with Gasteiger partial charge >= 0.3 is 11.9 Å². The summed E-state index contributed by atoms with van der Waals surface area (Å²) in [6.07, 6.45) is -4.45. The van der Waals surface area contributed by atoms with Gasteiger partial charge in [-0.2, -0.15) is 13.2 Å². The maximum atomic E-state index is 11.9. The van der Waals surface area contributed by atoms with E-state index in [0.29, 0.717) is 0 Å². The molecule has 1 atom stereocenters. The van der Waals surface area contributed by atoms with Crippen LogP contribution in [0.4, 0.5) is 18.9 Å². The summed E-state index contributed by atoms with van der Waals surface area (Å²) in [6, 6.07) is 2.26. The van der Waals surface area contributed by atoms with E-state index in [0.717, 1.165) is 18.2 Å². The molecule has 2 N–H and O–H groups in total. The molecule has 0 radical (unpaired) electrons. The minimum atomic E-state index is -4.45. The molecule has 1 aromatic rings. The van der Waals surface area contributed by atoms with Gasteiger partial charge in [-0.25, -0.2) is 0 Å². The van der Waals surface area contributed by atoms with Crippen LogP contribution in [0, 0.1) is 10.1 Å². The van der Waals surface area contributed by atoms with E-state index in [9.17, 15) is 33.2 Å². The van der Waals surface area contributed by atoms with Crippen molar-refractivity contribution in [2.24, 2.45) is 0 Å². The standard InChI is InChI=1S/C12H13F3N2O5/c1-7(5-22-6-12(13,14)15)16-11(19)8-2-3-9(17(20)21)10(18)4-8/h2-4,7,18H,5-6H2,1H3,(H,16,19). The molecule has 0 aliphatic rings. The first-order valence-corrected chi connectivity index (χ1v) is 6.03. The molecule has 0 aromatic heterocycles. The van der Waals surface area contributed by atoms with Crippen molar-refractivity contribution in [3.8, 4) is 5.75 Å². The number of aromatic hydroxyl groups is 1. The molecule has 1 aromatic carbocycles. The molecule has 0 saturated carbocycles. The number of carbonyl (C=O) groups excluding carboxylic acids is 1. The van der Waals surface area contributed by atoms with Crippen LogP contribution in [0.5, 0.6) is 5.75 Å². The number of nitrogens with one attached hydrogen (secondary N) is 1. The number of benzene rings is 1. The molecular weight excluding hydrogens is 309 g/mol. The summed E-state index contributed by atoms with van der Waals surface area (Å²) in [5, 5.41) is 22.3. The van der Waals surface area contributed by atoms with E-state index in [1.54, 1.807) is 0 Å². The molecule has 0 spiro atoms. The average Bonchev–Trinajstić information content (AvgIpc) is 2.36. The number of hydrogen-bond donors (Lipinski definition) is 2. The number of nitrogens with zero attached hydrogens (tertiary/aromatic N) is 1. The van der Waals surface area contributed by atoms with Crippen LogP contribution in [0.1, 0.15) is 17.3 Å². The molecule has 0 heterocycles. The van der Waals surface area contributed by atoms with Gasteiger partial charge in [0.05, 0.1) is 11.5 Å². The summed E-state index contributed by atoms with van der Waals surface area (Å²) in [5.74, 6) is -1.38. The van der Waals surface area contributed by atoms with Crippen LogP contribution < -0.4 is 5.32 Å². The van der Waals surface area contributed by atoms with E-state index in [1.165, 1.54) is 6.92 Å². The predicted octanol–water partition coefficient (Wildman–Crippen LogP) is 2.00. The summed E-state index contributed by atoms with van der Waals surface area (Å²) in [7, 11) is 0. The van der Waals surface area contributed by atoms with Gasteiger partial charge in [0.1, 0.15) is 6.61 Å². The van der Waals surface area contributed by atoms with Crippen LogP contribution >= 0.6 is 0 Å². The number of phenols is 1. The number of halogens is 3. The number of hydrogen-bond acceptors (Lipinski definition) is 5. The maximum absolute atomic E-state index is 11.9. The predicted molar refractivity (Wildman–Crippen MR) is 68.6 cm³/mol. The zero-order valence-corrected chi connectivity index (χ0v) is 11.4. The Morgan fingerprint density at radius 1 is 1.50 bits per heavy atom. The Kier molecular flexibility index (Phi) is 5.69. The monoisotopic (exact) mass is 322 g/mol. The van der Waals surface area contributed by atoms with E-state index in [-0.39, 0.29) is 12.2 Å². The van der Waals surface area contributed by atoms with E-state index in [1.807, 2.05) is 0 Å². The van der Waals surface area contributed by atoms with Crippen LogP contribution in [0.3, 0.4) is 0 Å². The van der Waals surface area contributed by atoms with Crippen LogP contribution in [0.15, 0.2) is 18.2 Å². The zero-order valence-electron chi connectivity index (χ0n) is 11.4. The Bertz CT molecular complexity index is 562. The quantitative estimate of drug-likeness (QED) is 0.616. The molecule has 0 aliphatic heterocycles. The fraction of sp³-hybridized carbons (Fsp3) is 0.417. The largest absolute Gasteiger partial charge is 0.502 e. The zero-order chi connectivity index (χ0) is 16.9. The molecule has 0 saturated heterocycles. The highest BCUT2D eigenvalue weighted by molar-refractivity contribution is 5.95. The lowest BCUT2D eigenvalue weighted by molar-refractivity contribution is -0.385. The lowest BCUT2D eigenvalue weighted by atomic mass is 10.1. The number of alkyl halides is 3. The Morgan fingerprint density at radius 2 is 2.14 bits per heavy atom. The third-order valence-corrected chi connectivity index (χ3v) is 2.45. The molecule has 1 unspecified atom stereocenters. The highest BCUT2D eigenvalue weighted by Crippen LogP contribution is 2.26. The minimum Gasteiger partial charge on any atom is -0.502 e. The molecule has 7 nitrogen and oxygen atoms in total. The molecule has 0 bridgehead atoms. The van der Waals surface area contributed by atoms with E-state index < -0.39 is 41.1 Å². The van der Waals surface area contributed by atoms with Crippen molar-refractivity contribution in [3.63, 3.8) is 0 Å². The van der Waals surface area contributed by atoms with Gasteiger partial charge in [-0.3, -0.25) is 14.9 Å². The molecule has 0 fully saturated rings. The Balaban J connectivity index is 2.58. The highest BCUT2D eigenvalue weighted by atomic mass is 19.4. The van der Waals surface area contributed by atoms with E-state index >= 15 is 0 Å². The highest BCUT2D eigenvalue weighted by Gasteiger charge is 2.27. The van der Waals surface area contributed by atoms with Gasteiger partial charge in [0, 0.05) is 17.7 Å². The van der Waals surface area contributed by atoms with Crippen molar-refractivity contribution in [1.29, 1.82) is 0 Å². The number of nitro benzene ring substituents is 1. The Labute approximate surface area is 122 Å². The molecule has 22 heavy (non-hydrogen) atoms.